The molecule has 0 radical (unpaired) electrons. The van der Waals surface area contributed by atoms with Gasteiger partial charge in [-0.15, -0.1) is 0 Å². The Morgan fingerprint density at radius 2 is 0.304 bits per heavy atom. The minimum absolute atomic E-state index is 0. The van der Waals surface area contributed by atoms with Crippen molar-refractivity contribution in [3.05, 3.63) is 0 Å². The largest absolute Gasteiger partial charge is 1.00 e. The first-order chi connectivity index (χ1) is 6.93. The van der Waals surface area contributed by atoms with Crippen molar-refractivity contribution in [2.24, 2.45) is 0 Å². The van der Waals surface area contributed by atoms with Crippen molar-refractivity contribution in [1.29, 1.82) is 0 Å². The Bertz CT molecular complexity index is 77.6. The molecule has 0 aliphatic carbocycles. The summed E-state index contributed by atoms with van der Waals surface area (Å²) in [6, 6.07) is 0. The average Bonchev–Trinajstić information content (AvgIpc) is 1.76. The minimum Gasteiger partial charge on any atom is -1.00 e. The smallest absolute Gasteiger partial charge is 1.00 e. The average molecular weight is 385 g/mol. The van der Waals surface area contributed by atoms with Gasteiger partial charge in [-0.3, -0.25) is 0 Å². The van der Waals surface area contributed by atoms with Gasteiger partial charge in [0.1, 0.15) is 0 Å². The summed E-state index contributed by atoms with van der Waals surface area (Å²) >= 11 is 0. The minimum atomic E-state index is -2.17. The molecule has 0 saturated carbocycles. The molecule has 17 nitrogen and oxygen atoms in total. The van der Waals surface area contributed by atoms with Crippen LogP contribution in [0.3, 0.4) is 0 Å². The molecule has 0 atom stereocenters. The van der Waals surface area contributed by atoms with Gasteiger partial charge in [-0.1, -0.05) is 0 Å². The summed E-state index contributed by atoms with van der Waals surface area (Å²) in [5.74, 6) is 0. The van der Waals surface area contributed by atoms with Gasteiger partial charge in [-0.25, -0.2) is 0 Å². The van der Waals surface area contributed by atoms with E-state index in [1.54, 1.807) is 0 Å². The van der Waals surface area contributed by atoms with Crippen LogP contribution in [0.1, 0.15) is 2.85 Å². The Balaban J connectivity index is -0.00000000623. The Morgan fingerprint density at radius 1 is 0.304 bits per heavy atom. The van der Waals surface area contributed by atoms with Gasteiger partial charge in [0, 0.05) is 0 Å². The van der Waals surface area contributed by atoms with Crippen LogP contribution in [-0.4, -0.2) is 117 Å². The van der Waals surface area contributed by atoms with Gasteiger partial charge >= 0.3 is 88.4 Å². The summed E-state index contributed by atoms with van der Waals surface area (Å²) in [6.07, 6.45) is 0. The van der Waals surface area contributed by atoms with Gasteiger partial charge in [0.2, 0.25) is 0 Å². The molecule has 0 aliphatic rings. The fourth-order valence-electron chi connectivity index (χ4n) is 0. The SMILES string of the molecule is O.O.O.O.O.OB(O)O.OB(O)O.OB(O)O.OB(O)O.[H-].[H-].[Na+].[Na+]. The Labute approximate surface area is 178 Å². The maximum atomic E-state index is 7.17. The molecule has 23 heteroatoms. The molecule has 0 unspecified atom stereocenters. The monoisotopic (exact) mass is 386 g/mol. The van der Waals surface area contributed by atoms with Gasteiger partial charge in [0.05, 0.1) is 0 Å². The summed E-state index contributed by atoms with van der Waals surface area (Å²) in [6.45, 7) is 0. The maximum absolute atomic E-state index is 7.17. The Hall–Kier alpha value is 1.58. The first kappa shape index (κ1) is 74.1. The van der Waals surface area contributed by atoms with E-state index in [1.807, 2.05) is 0 Å². The van der Waals surface area contributed by atoms with Crippen LogP contribution in [0.4, 0.5) is 0 Å². The molecule has 0 rings (SSSR count). The summed E-state index contributed by atoms with van der Waals surface area (Å²) < 4.78 is 0. The van der Waals surface area contributed by atoms with Crippen molar-refractivity contribution >= 4 is 29.3 Å². The van der Waals surface area contributed by atoms with E-state index in [-0.39, 0.29) is 89.3 Å². The molecule has 0 aromatic carbocycles. The van der Waals surface area contributed by atoms with Crippen LogP contribution in [0.25, 0.3) is 0 Å². The Morgan fingerprint density at radius 3 is 0.304 bits per heavy atom. The third kappa shape index (κ3) is 4400. The number of rotatable bonds is 0. The van der Waals surface area contributed by atoms with E-state index in [0.717, 1.165) is 0 Å². The predicted molar refractivity (Wildman–Crippen MR) is 69.9 cm³/mol. The van der Waals surface area contributed by atoms with E-state index in [1.165, 1.54) is 0 Å². The van der Waals surface area contributed by atoms with Crippen molar-refractivity contribution in [3.63, 3.8) is 0 Å². The second kappa shape index (κ2) is 65.2. The summed E-state index contributed by atoms with van der Waals surface area (Å²) in [5, 5.41) is 86.0. The molecular weight excluding hydrogens is 361 g/mol. The summed E-state index contributed by atoms with van der Waals surface area (Å²) in [4.78, 5) is 0. The molecule has 0 aromatic heterocycles. The third-order valence-electron chi connectivity index (χ3n) is 0. The number of hydrogen-bond acceptors (Lipinski definition) is 12. The summed E-state index contributed by atoms with van der Waals surface area (Å²) in [7, 11) is -8.67. The summed E-state index contributed by atoms with van der Waals surface area (Å²) in [5.41, 5.74) is 0. The van der Waals surface area contributed by atoms with E-state index in [2.05, 4.69) is 0 Å². The van der Waals surface area contributed by atoms with Gasteiger partial charge in [0.15, 0.2) is 0 Å². The second-order valence-electron chi connectivity index (χ2n) is 1.39. The first-order valence-electron chi connectivity index (χ1n) is 3.10. The van der Waals surface area contributed by atoms with Crippen LogP contribution >= 0.6 is 0 Å². The van der Waals surface area contributed by atoms with Gasteiger partial charge in [-0.05, 0) is 0 Å². The van der Waals surface area contributed by atoms with Crippen LogP contribution in [0.5, 0.6) is 0 Å². The molecule has 23 heavy (non-hydrogen) atoms. The molecule has 0 fully saturated rings. The standard InChI is InChI=1S/4BH3O3.2Na.5H2O.2H/c4*2-1(3)4;;;;;;;;;/h4*2-4H;;;5*1H2;;/q;;;;2*+1;;;;;;2*-1. The van der Waals surface area contributed by atoms with Crippen molar-refractivity contribution in [2.45, 2.75) is 0 Å². The molecule has 0 saturated heterocycles. The molecule has 0 aliphatic heterocycles. The van der Waals surface area contributed by atoms with Gasteiger partial charge < -0.3 is 90.5 Å². The van der Waals surface area contributed by atoms with Crippen molar-refractivity contribution < 1.29 is 150 Å². The van der Waals surface area contributed by atoms with Crippen LogP contribution < -0.4 is 59.1 Å². The molecule has 22 N–H and O–H groups in total. The third-order valence-corrected chi connectivity index (χ3v) is 0. The molecule has 0 aromatic rings. The van der Waals surface area contributed by atoms with Gasteiger partial charge in [0.25, 0.3) is 0 Å². The van der Waals surface area contributed by atoms with Crippen molar-refractivity contribution in [3.8, 4) is 0 Å². The van der Waals surface area contributed by atoms with Crippen LogP contribution in [-0.2, 0) is 0 Å². The molecule has 0 heterocycles. The van der Waals surface area contributed by atoms with Gasteiger partial charge in [-0.2, -0.15) is 0 Å². The van der Waals surface area contributed by atoms with E-state index in [4.69, 9.17) is 60.3 Å². The zero-order valence-corrected chi connectivity index (χ0v) is 16.2. The quantitative estimate of drug-likeness (QED) is 0.173. The zero-order valence-electron chi connectivity index (χ0n) is 14.2. The van der Waals surface area contributed by atoms with Crippen molar-refractivity contribution in [2.75, 3.05) is 0 Å². The van der Waals surface area contributed by atoms with E-state index in [9.17, 15) is 0 Å². The van der Waals surface area contributed by atoms with Crippen LogP contribution in [0.2, 0.25) is 0 Å². The van der Waals surface area contributed by atoms with E-state index >= 15 is 0 Å². The molecule has 0 bridgehead atoms. The first-order valence-corrected chi connectivity index (χ1v) is 3.10. The molecule has 0 amide bonds. The normalized spacial score (nSPS) is 4.70. The fraction of sp³-hybridized carbons (Fsp3) is 0. The maximum Gasteiger partial charge on any atom is 1.00 e. The van der Waals surface area contributed by atoms with Crippen LogP contribution in [0, 0.1) is 0 Å². The van der Waals surface area contributed by atoms with E-state index < -0.39 is 29.3 Å². The second-order valence-corrected chi connectivity index (χ2v) is 1.39. The van der Waals surface area contributed by atoms with E-state index in [0.29, 0.717) is 0 Å². The fourth-order valence-corrected chi connectivity index (χ4v) is 0. The molecule has 140 valence electrons. The Kier molecular flexibility index (Phi) is 210. The number of hydrogen-bond donors (Lipinski definition) is 12. The molecule has 0 spiro atoms. The van der Waals surface area contributed by atoms with Crippen molar-refractivity contribution in [1.82, 2.24) is 0 Å². The molecular formula is H24B4Na2O17. The topological polar surface area (TPSA) is 400 Å². The predicted octanol–water partition coefficient (Wildman–Crippen LogP) is -18.1. The van der Waals surface area contributed by atoms with Crippen LogP contribution in [0.15, 0.2) is 0 Å². The zero-order chi connectivity index (χ0) is 14.3.